The fraction of sp³-hybridized carbons (Fsp3) is 0.643. The molecule has 1 saturated heterocycles. The van der Waals surface area contributed by atoms with Gasteiger partial charge in [-0.05, 0) is 33.7 Å². The van der Waals surface area contributed by atoms with Gasteiger partial charge < -0.3 is 29.0 Å². The summed E-state index contributed by atoms with van der Waals surface area (Å²) in [7, 11) is 2.16. The Morgan fingerprint density at radius 2 is 2.13 bits per heavy atom. The molecule has 0 radical (unpaired) electrons. The normalized spacial score (nSPS) is 21.4. The highest BCUT2D eigenvalue weighted by Crippen LogP contribution is 2.30. The molecular weight excluding hydrogens is 518 g/mol. The van der Waals surface area contributed by atoms with Crippen molar-refractivity contribution in [3.05, 3.63) is 41.0 Å². The Morgan fingerprint density at radius 3 is 2.85 bits per heavy atom. The molecule has 11 heteroatoms. The van der Waals surface area contributed by atoms with Crippen molar-refractivity contribution in [3.63, 3.8) is 0 Å². The van der Waals surface area contributed by atoms with Crippen LogP contribution in [0.2, 0.25) is 0 Å². The largest absolute Gasteiger partial charge is 0.489 e. The number of nitrogens with one attached hydrogen (secondary N) is 1. The van der Waals surface area contributed by atoms with Crippen LogP contribution >= 0.6 is 11.8 Å². The lowest BCUT2D eigenvalue weighted by molar-refractivity contribution is -0.125. The van der Waals surface area contributed by atoms with Gasteiger partial charge in [-0.2, -0.15) is 0 Å². The minimum atomic E-state index is -0.955. The average Bonchev–Trinajstić information content (AvgIpc) is 3.33. The summed E-state index contributed by atoms with van der Waals surface area (Å²) in [6.07, 6.45) is 3.97. The third kappa shape index (κ3) is 9.59. The second-order valence-corrected chi connectivity index (χ2v) is 11.2. The molecule has 1 fully saturated rings. The van der Waals surface area contributed by atoms with Crippen molar-refractivity contribution in [1.82, 2.24) is 15.1 Å². The molecule has 0 aliphatic carbocycles. The molecule has 0 saturated carbocycles. The monoisotopic (exact) mass is 561 g/mol. The maximum atomic E-state index is 13.3. The fourth-order valence-corrected chi connectivity index (χ4v) is 5.46. The fourth-order valence-electron chi connectivity index (χ4n) is 4.31. The van der Waals surface area contributed by atoms with Gasteiger partial charge in [0.15, 0.2) is 0 Å². The molecule has 3 rings (SSSR count). The minimum Gasteiger partial charge on any atom is -0.489 e. The standard InChI is InChI=1S/C28H43N5O5S/c1-6-9-23(24-17-22(37-15-7-2)18-25(34)38-24)30-27(35)28(4)19-39-26(31-28)21(3)29-20-36-16-8-10-33-13-11-32(5)12-14-33/h7,17-18,23H,2,6,8-16,19-20H2,1,3-5H3,(H,30,35)/b29-21+/t23-,28?/m1/s1. The van der Waals surface area contributed by atoms with E-state index in [1.807, 2.05) is 20.8 Å². The van der Waals surface area contributed by atoms with Crippen molar-refractivity contribution in [2.24, 2.45) is 9.98 Å². The van der Waals surface area contributed by atoms with Gasteiger partial charge in [-0.15, -0.1) is 11.8 Å². The van der Waals surface area contributed by atoms with Crippen molar-refractivity contribution in [2.45, 2.75) is 51.6 Å². The van der Waals surface area contributed by atoms with Crippen LogP contribution in [0.15, 0.2) is 44.0 Å². The number of hydrogen-bond acceptors (Lipinski definition) is 10. The van der Waals surface area contributed by atoms with Crippen LogP contribution < -0.4 is 15.7 Å². The van der Waals surface area contributed by atoms with Crippen molar-refractivity contribution < 1.29 is 18.7 Å². The molecule has 0 bridgehead atoms. The Morgan fingerprint density at radius 1 is 1.36 bits per heavy atom. The van der Waals surface area contributed by atoms with Gasteiger partial charge in [0.05, 0.1) is 24.4 Å². The van der Waals surface area contributed by atoms with Crippen molar-refractivity contribution in [1.29, 1.82) is 0 Å². The van der Waals surface area contributed by atoms with Crippen molar-refractivity contribution >= 4 is 28.4 Å². The molecular formula is C28H43N5O5S. The zero-order valence-electron chi connectivity index (χ0n) is 23.7. The van der Waals surface area contributed by atoms with Gasteiger partial charge in [0.1, 0.15) is 35.4 Å². The van der Waals surface area contributed by atoms with Crippen LogP contribution in [0.3, 0.4) is 0 Å². The number of carbonyl (C=O) groups is 1. The quantitative estimate of drug-likeness (QED) is 0.198. The van der Waals surface area contributed by atoms with Crippen LogP contribution in [0.5, 0.6) is 5.75 Å². The Hall–Kier alpha value is -2.47. The van der Waals surface area contributed by atoms with E-state index >= 15 is 0 Å². The number of hydrogen-bond donors (Lipinski definition) is 1. The first kappa shape index (κ1) is 31.1. The Bertz CT molecular complexity index is 1080. The molecule has 2 aliphatic rings. The highest BCUT2D eigenvalue weighted by atomic mass is 32.2. The van der Waals surface area contributed by atoms with Gasteiger partial charge in [-0.1, -0.05) is 26.0 Å². The van der Waals surface area contributed by atoms with Crippen LogP contribution in [0.1, 0.15) is 51.8 Å². The molecule has 1 aromatic heterocycles. The number of nitrogens with zero attached hydrogens (tertiary/aromatic N) is 4. The number of carbonyl (C=O) groups excluding carboxylic acids is 1. The van der Waals surface area contributed by atoms with Crippen molar-refractivity contribution in [2.75, 3.05) is 65.5 Å². The second-order valence-electron chi connectivity index (χ2n) is 10.2. The number of thioether (sulfide) groups is 1. The predicted molar refractivity (Wildman–Crippen MR) is 157 cm³/mol. The first-order valence-corrected chi connectivity index (χ1v) is 14.6. The predicted octanol–water partition coefficient (Wildman–Crippen LogP) is 3.14. The lowest BCUT2D eigenvalue weighted by Crippen LogP contribution is -2.45. The molecule has 0 aromatic carbocycles. The molecule has 3 heterocycles. The van der Waals surface area contributed by atoms with E-state index in [0.717, 1.165) is 56.3 Å². The van der Waals surface area contributed by atoms with Crippen LogP contribution in [0.4, 0.5) is 0 Å². The summed E-state index contributed by atoms with van der Waals surface area (Å²) in [4.78, 5) is 39.5. The van der Waals surface area contributed by atoms with Crippen LogP contribution in [0, 0.1) is 0 Å². The van der Waals surface area contributed by atoms with Crippen LogP contribution in [0.25, 0.3) is 0 Å². The van der Waals surface area contributed by atoms with Crippen molar-refractivity contribution in [3.8, 4) is 5.75 Å². The van der Waals surface area contributed by atoms with E-state index < -0.39 is 17.2 Å². The van der Waals surface area contributed by atoms with E-state index in [1.165, 1.54) is 17.8 Å². The number of piperazine rings is 1. The third-order valence-corrected chi connectivity index (χ3v) is 8.11. The number of ether oxygens (including phenoxy) is 2. The Balaban J connectivity index is 1.53. The lowest BCUT2D eigenvalue weighted by Gasteiger charge is -2.32. The Kier molecular flexibility index (Phi) is 12.2. The van der Waals surface area contributed by atoms with E-state index in [-0.39, 0.29) is 19.2 Å². The summed E-state index contributed by atoms with van der Waals surface area (Å²) in [5, 5.41) is 3.79. The summed E-state index contributed by atoms with van der Waals surface area (Å²) in [6, 6.07) is 2.45. The number of rotatable bonds is 15. The van der Waals surface area contributed by atoms with Gasteiger partial charge in [0.25, 0.3) is 0 Å². The summed E-state index contributed by atoms with van der Waals surface area (Å²) < 4.78 is 16.7. The molecule has 1 aromatic rings. The number of amides is 1. The first-order valence-electron chi connectivity index (χ1n) is 13.7. The maximum Gasteiger partial charge on any atom is 0.339 e. The zero-order chi connectivity index (χ0) is 28.3. The molecule has 0 spiro atoms. The molecule has 1 unspecified atom stereocenters. The molecule has 2 aliphatic heterocycles. The molecule has 2 atom stereocenters. The van der Waals surface area contributed by atoms with Gasteiger partial charge in [-0.3, -0.25) is 14.8 Å². The highest BCUT2D eigenvalue weighted by molar-refractivity contribution is 8.16. The first-order chi connectivity index (χ1) is 18.7. The SMILES string of the molecule is C=CCOc1cc([C@@H](CCC)NC(=O)C2(C)CSC(/C(C)=N/COCCCN3CCN(C)CC3)=N2)oc(=O)c1. The van der Waals surface area contributed by atoms with Crippen LogP contribution in [-0.2, 0) is 9.53 Å². The maximum absolute atomic E-state index is 13.3. The molecule has 39 heavy (non-hydrogen) atoms. The smallest absolute Gasteiger partial charge is 0.339 e. The minimum absolute atomic E-state index is 0.225. The van der Waals surface area contributed by atoms with Gasteiger partial charge in [0.2, 0.25) is 5.91 Å². The van der Waals surface area contributed by atoms with Gasteiger partial charge in [-0.25, -0.2) is 4.79 Å². The van der Waals surface area contributed by atoms with Crippen LogP contribution in [-0.4, -0.2) is 97.5 Å². The zero-order valence-corrected chi connectivity index (χ0v) is 24.6. The Labute approximate surface area is 235 Å². The summed E-state index contributed by atoms with van der Waals surface area (Å²) in [6.45, 7) is 16.1. The summed E-state index contributed by atoms with van der Waals surface area (Å²) in [5.41, 5.74) is -0.722. The molecule has 216 valence electrons. The molecule has 1 N–H and O–H groups in total. The van der Waals surface area contributed by atoms with E-state index in [1.54, 1.807) is 12.1 Å². The molecule has 1 amide bonds. The second kappa shape index (κ2) is 15.4. The topological polar surface area (TPSA) is 109 Å². The van der Waals surface area contributed by atoms with Gasteiger partial charge >= 0.3 is 5.63 Å². The lowest BCUT2D eigenvalue weighted by atomic mass is 10.0. The highest BCUT2D eigenvalue weighted by Gasteiger charge is 2.40. The summed E-state index contributed by atoms with van der Waals surface area (Å²) >= 11 is 1.51. The number of likely N-dealkylation sites (N-methyl/N-ethyl adjacent to an activating group) is 1. The third-order valence-electron chi connectivity index (χ3n) is 6.75. The summed E-state index contributed by atoms with van der Waals surface area (Å²) in [5.74, 6) is 1.01. The van der Waals surface area contributed by atoms with Gasteiger partial charge in [0, 0.05) is 44.5 Å². The molecule has 10 nitrogen and oxygen atoms in total. The van der Waals surface area contributed by atoms with E-state index in [9.17, 15) is 9.59 Å². The van der Waals surface area contributed by atoms with E-state index in [4.69, 9.17) is 18.9 Å². The average molecular weight is 562 g/mol. The number of aliphatic imine (C=N–C) groups is 2. The van der Waals surface area contributed by atoms with E-state index in [2.05, 4.69) is 33.7 Å². The van der Waals surface area contributed by atoms with E-state index in [0.29, 0.717) is 30.3 Å².